The molecule has 1 aromatic rings. The van der Waals surface area contributed by atoms with Crippen molar-refractivity contribution in [1.29, 1.82) is 0 Å². The molecule has 0 aliphatic carbocycles. The predicted octanol–water partition coefficient (Wildman–Crippen LogP) is 2.31. The Bertz CT molecular complexity index is 305. The number of hydrogen-bond donors (Lipinski definition) is 0. The maximum absolute atomic E-state index is 10.6. The summed E-state index contributed by atoms with van der Waals surface area (Å²) in [7, 11) is 1.63. The Hall–Kier alpha value is -1.31. The van der Waals surface area contributed by atoms with Crippen LogP contribution in [0.25, 0.3) is 0 Å². The molecule has 0 aromatic heterocycles. The van der Waals surface area contributed by atoms with E-state index in [0.717, 1.165) is 23.2 Å². The van der Waals surface area contributed by atoms with Gasteiger partial charge in [0.2, 0.25) is 0 Å². The molecule has 0 amide bonds. The summed E-state index contributed by atoms with van der Waals surface area (Å²) in [5.41, 5.74) is 2.16. The first-order valence-electron chi connectivity index (χ1n) is 4.29. The van der Waals surface area contributed by atoms with Crippen molar-refractivity contribution in [3.63, 3.8) is 0 Å². The van der Waals surface area contributed by atoms with Gasteiger partial charge < -0.3 is 9.53 Å². The normalized spacial score (nSPS) is 12.2. The van der Waals surface area contributed by atoms with Crippen molar-refractivity contribution in [2.45, 2.75) is 19.8 Å². The van der Waals surface area contributed by atoms with E-state index in [1.165, 1.54) is 0 Å². The summed E-state index contributed by atoms with van der Waals surface area (Å²) in [6.45, 7) is 3.88. The van der Waals surface area contributed by atoms with Gasteiger partial charge in [-0.3, -0.25) is 0 Å². The topological polar surface area (TPSA) is 26.3 Å². The molecule has 0 radical (unpaired) electrons. The van der Waals surface area contributed by atoms with Gasteiger partial charge in [-0.15, -0.1) is 0 Å². The number of rotatable bonds is 3. The predicted molar refractivity (Wildman–Crippen MR) is 52.2 cm³/mol. The molecular formula is C11H14O2. The van der Waals surface area contributed by atoms with E-state index in [-0.39, 0.29) is 5.92 Å². The Kier molecular flexibility index (Phi) is 3.07. The highest BCUT2D eigenvalue weighted by Crippen LogP contribution is 2.22. The standard InChI is InChI=1S/C11H14O2/c1-8-4-5-10(13-3)6-11(8)9(2)7-12/h4-7,9H,1-3H3. The second-order valence-electron chi connectivity index (χ2n) is 3.15. The third kappa shape index (κ3) is 2.08. The molecule has 1 atom stereocenters. The molecular weight excluding hydrogens is 164 g/mol. The zero-order valence-electron chi connectivity index (χ0n) is 8.20. The van der Waals surface area contributed by atoms with E-state index in [1.807, 2.05) is 32.0 Å². The fraction of sp³-hybridized carbons (Fsp3) is 0.364. The van der Waals surface area contributed by atoms with Crippen LogP contribution in [0.3, 0.4) is 0 Å². The lowest BCUT2D eigenvalue weighted by Crippen LogP contribution is -1.98. The minimum atomic E-state index is -0.0601. The molecule has 0 bridgehead atoms. The van der Waals surface area contributed by atoms with Crippen molar-refractivity contribution in [2.24, 2.45) is 0 Å². The van der Waals surface area contributed by atoms with Crippen molar-refractivity contribution >= 4 is 6.29 Å². The van der Waals surface area contributed by atoms with Crippen LogP contribution in [0.2, 0.25) is 0 Å². The molecule has 70 valence electrons. The lowest BCUT2D eigenvalue weighted by atomic mass is 9.97. The van der Waals surface area contributed by atoms with Crippen LogP contribution in [0.15, 0.2) is 18.2 Å². The van der Waals surface area contributed by atoms with Gasteiger partial charge in [0, 0.05) is 5.92 Å². The fourth-order valence-corrected chi connectivity index (χ4v) is 1.31. The Labute approximate surface area is 78.5 Å². The molecule has 1 unspecified atom stereocenters. The maximum Gasteiger partial charge on any atom is 0.127 e. The van der Waals surface area contributed by atoms with Crippen LogP contribution in [0.1, 0.15) is 24.0 Å². The van der Waals surface area contributed by atoms with E-state index in [2.05, 4.69) is 0 Å². The summed E-state index contributed by atoms with van der Waals surface area (Å²) < 4.78 is 5.09. The average molecular weight is 178 g/mol. The van der Waals surface area contributed by atoms with Crippen molar-refractivity contribution in [3.05, 3.63) is 29.3 Å². The highest BCUT2D eigenvalue weighted by molar-refractivity contribution is 5.63. The summed E-state index contributed by atoms with van der Waals surface area (Å²) in [5.74, 6) is 0.740. The Balaban J connectivity index is 3.10. The minimum Gasteiger partial charge on any atom is -0.497 e. The Morgan fingerprint density at radius 2 is 2.15 bits per heavy atom. The van der Waals surface area contributed by atoms with Crippen LogP contribution in [-0.4, -0.2) is 13.4 Å². The van der Waals surface area contributed by atoms with Crippen molar-refractivity contribution < 1.29 is 9.53 Å². The summed E-state index contributed by atoms with van der Waals surface area (Å²) in [5, 5.41) is 0. The van der Waals surface area contributed by atoms with E-state index in [9.17, 15) is 4.79 Å². The number of carbonyl (C=O) groups excluding carboxylic acids is 1. The van der Waals surface area contributed by atoms with Crippen LogP contribution in [-0.2, 0) is 4.79 Å². The summed E-state index contributed by atoms with van der Waals surface area (Å²) in [6, 6.07) is 5.78. The van der Waals surface area contributed by atoms with Gasteiger partial charge in [-0.2, -0.15) is 0 Å². The number of benzene rings is 1. The van der Waals surface area contributed by atoms with Gasteiger partial charge in [0.25, 0.3) is 0 Å². The van der Waals surface area contributed by atoms with Crippen LogP contribution < -0.4 is 4.74 Å². The first-order chi connectivity index (χ1) is 6.19. The second kappa shape index (κ2) is 4.08. The SMILES string of the molecule is COc1ccc(C)c(C(C)C=O)c1. The fourth-order valence-electron chi connectivity index (χ4n) is 1.31. The first kappa shape index (κ1) is 9.78. The number of methoxy groups -OCH3 is 1. The van der Waals surface area contributed by atoms with Crippen molar-refractivity contribution in [1.82, 2.24) is 0 Å². The molecule has 2 heteroatoms. The van der Waals surface area contributed by atoms with Gasteiger partial charge in [0.15, 0.2) is 0 Å². The number of hydrogen-bond acceptors (Lipinski definition) is 2. The second-order valence-corrected chi connectivity index (χ2v) is 3.15. The average Bonchev–Trinajstić information content (AvgIpc) is 2.17. The molecule has 0 saturated heterocycles. The molecule has 13 heavy (non-hydrogen) atoms. The molecule has 0 spiro atoms. The van der Waals surface area contributed by atoms with Gasteiger partial charge in [-0.05, 0) is 30.2 Å². The van der Waals surface area contributed by atoms with E-state index in [0.29, 0.717) is 0 Å². The quantitative estimate of drug-likeness (QED) is 0.664. The van der Waals surface area contributed by atoms with Crippen molar-refractivity contribution in [2.75, 3.05) is 7.11 Å². The maximum atomic E-state index is 10.6. The molecule has 1 rings (SSSR count). The molecule has 1 aromatic carbocycles. The first-order valence-corrected chi connectivity index (χ1v) is 4.29. The van der Waals surface area contributed by atoms with E-state index in [1.54, 1.807) is 7.11 Å². The summed E-state index contributed by atoms with van der Waals surface area (Å²) in [6.07, 6.45) is 0.946. The molecule has 0 heterocycles. The third-order valence-corrected chi connectivity index (χ3v) is 2.18. The number of aldehydes is 1. The highest BCUT2D eigenvalue weighted by atomic mass is 16.5. The Morgan fingerprint density at radius 1 is 1.46 bits per heavy atom. The van der Waals surface area contributed by atoms with E-state index >= 15 is 0 Å². The van der Waals surface area contributed by atoms with Crippen LogP contribution in [0.5, 0.6) is 5.75 Å². The minimum absolute atomic E-state index is 0.0601. The van der Waals surface area contributed by atoms with Gasteiger partial charge in [0.05, 0.1) is 7.11 Å². The largest absolute Gasteiger partial charge is 0.497 e. The molecule has 2 nitrogen and oxygen atoms in total. The highest BCUT2D eigenvalue weighted by Gasteiger charge is 2.07. The lowest BCUT2D eigenvalue weighted by Gasteiger charge is -2.10. The number of carbonyl (C=O) groups is 1. The molecule has 0 fully saturated rings. The monoisotopic (exact) mass is 178 g/mol. The van der Waals surface area contributed by atoms with Gasteiger partial charge in [-0.25, -0.2) is 0 Å². The van der Waals surface area contributed by atoms with Gasteiger partial charge in [-0.1, -0.05) is 13.0 Å². The smallest absolute Gasteiger partial charge is 0.127 e. The zero-order valence-corrected chi connectivity index (χ0v) is 8.20. The van der Waals surface area contributed by atoms with Crippen LogP contribution >= 0.6 is 0 Å². The molecule has 0 aliphatic heterocycles. The molecule has 0 aliphatic rings. The van der Waals surface area contributed by atoms with Gasteiger partial charge >= 0.3 is 0 Å². The van der Waals surface area contributed by atoms with Crippen LogP contribution in [0.4, 0.5) is 0 Å². The van der Waals surface area contributed by atoms with E-state index < -0.39 is 0 Å². The third-order valence-electron chi connectivity index (χ3n) is 2.18. The summed E-state index contributed by atoms with van der Waals surface area (Å²) >= 11 is 0. The zero-order chi connectivity index (χ0) is 9.84. The number of ether oxygens (including phenoxy) is 1. The number of aryl methyl sites for hydroxylation is 1. The van der Waals surface area contributed by atoms with Gasteiger partial charge in [0.1, 0.15) is 12.0 Å². The van der Waals surface area contributed by atoms with Crippen molar-refractivity contribution in [3.8, 4) is 5.75 Å². The Morgan fingerprint density at radius 3 is 2.69 bits per heavy atom. The molecule has 0 N–H and O–H groups in total. The summed E-state index contributed by atoms with van der Waals surface area (Å²) in [4.78, 5) is 10.6. The van der Waals surface area contributed by atoms with E-state index in [4.69, 9.17) is 4.74 Å². The molecule has 0 saturated carbocycles. The lowest BCUT2D eigenvalue weighted by molar-refractivity contribution is -0.108. The van der Waals surface area contributed by atoms with Crippen LogP contribution in [0, 0.1) is 6.92 Å².